The van der Waals surface area contributed by atoms with Crippen LogP contribution in [-0.4, -0.2) is 24.7 Å². The number of anilines is 1. The molecule has 1 atom stereocenters. The number of carbonyl (C=O) groups excluding carboxylic acids is 2. The van der Waals surface area contributed by atoms with Crippen molar-refractivity contribution < 1.29 is 9.59 Å². The van der Waals surface area contributed by atoms with E-state index < -0.39 is 0 Å². The Balaban J connectivity index is 0. The SMILES string of the molecule is C.C=C(NC(CCC(C)=O)C(C)=O)c1cccc(NC)c1.CC. The Kier molecular flexibility index (Phi) is 12.5. The van der Waals surface area contributed by atoms with Gasteiger partial charge >= 0.3 is 0 Å². The van der Waals surface area contributed by atoms with Gasteiger partial charge < -0.3 is 15.4 Å². The van der Waals surface area contributed by atoms with E-state index >= 15 is 0 Å². The molecular formula is C19H32N2O2. The molecule has 0 aromatic heterocycles. The zero-order valence-corrected chi connectivity index (χ0v) is 14.3. The van der Waals surface area contributed by atoms with Crippen LogP contribution in [0.25, 0.3) is 5.70 Å². The largest absolute Gasteiger partial charge is 0.388 e. The molecular weight excluding hydrogens is 288 g/mol. The molecule has 0 bridgehead atoms. The maximum Gasteiger partial charge on any atom is 0.151 e. The minimum Gasteiger partial charge on any atom is -0.388 e. The number of rotatable bonds is 8. The Hall–Kier alpha value is -2.10. The molecule has 0 saturated carbocycles. The van der Waals surface area contributed by atoms with Crippen molar-refractivity contribution in [2.45, 2.75) is 54.0 Å². The number of carbonyl (C=O) groups is 2. The van der Waals surface area contributed by atoms with Gasteiger partial charge in [0.05, 0.1) is 6.04 Å². The molecule has 0 heterocycles. The molecule has 0 radical (unpaired) electrons. The van der Waals surface area contributed by atoms with Crippen molar-refractivity contribution in [3.8, 4) is 0 Å². The van der Waals surface area contributed by atoms with Gasteiger partial charge in [0.25, 0.3) is 0 Å². The van der Waals surface area contributed by atoms with Crippen molar-refractivity contribution in [1.82, 2.24) is 5.32 Å². The summed E-state index contributed by atoms with van der Waals surface area (Å²) in [5, 5.41) is 6.17. The van der Waals surface area contributed by atoms with Crippen LogP contribution in [-0.2, 0) is 9.59 Å². The maximum absolute atomic E-state index is 11.6. The fraction of sp³-hybridized carbons (Fsp3) is 0.474. The Morgan fingerprint density at radius 2 is 1.83 bits per heavy atom. The lowest BCUT2D eigenvalue weighted by atomic mass is 10.0. The van der Waals surface area contributed by atoms with Gasteiger partial charge in [0.1, 0.15) is 5.78 Å². The third kappa shape index (κ3) is 8.81. The van der Waals surface area contributed by atoms with Crippen LogP contribution in [0.5, 0.6) is 0 Å². The van der Waals surface area contributed by atoms with Gasteiger partial charge in [-0.25, -0.2) is 0 Å². The number of hydrogen-bond donors (Lipinski definition) is 2. The van der Waals surface area contributed by atoms with Gasteiger partial charge in [-0.15, -0.1) is 0 Å². The van der Waals surface area contributed by atoms with Gasteiger partial charge in [-0.3, -0.25) is 4.79 Å². The summed E-state index contributed by atoms with van der Waals surface area (Å²) in [4.78, 5) is 22.7. The summed E-state index contributed by atoms with van der Waals surface area (Å²) in [7, 11) is 1.85. The lowest BCUT2D eigenvalue weighted by Gasteiger charge is -2.19. The molecule has 4 nitrogen and oxygen atoms in total. The molecule has 0 aliphatic heterocycles. The predicted octanol–water partition coefficient (Wildman–Crippen LogP) is 4.28. The number of hydrogen-bond acceptors (Lipinski definition) is 4. The zero-order chi connectivity index (χ0) is 17.1. The third-order valence-electron chi connectivity index (χ3n) is 3.12. The lowest BCUT2D eigenvalue weighted by Crippen LogP contribution is -2.34. The predicted molar refractivity (Wildman–Crippen MR) is 101 cm³/mol. The molecule has 0 fully saturated rings. The van der Waals surface area contributed by atoms with Crippen molar-refractivity contribution in [2.24, 2.45) is 0 Å². The Morgan fingerprint density at radius 1 is 1.22 bits per heavy atom. The number of nitrogens with one attached hydrogen (secondary N) is 2. The van der Waals surface area contributed by atoms with E-state index in [9.17, 15) is 9.59 Å². The monoisotopic (exact) mass is 320 g/mol. The van der Waals surface area contributed by atoms with Gasteiger partial charge in [0.2, 0.25) is 0 Å². The van der Waals surface area contributed by atoms with Crippen LogP contribution in [0.3, 0.4) is 0 Å². The molecule has 4 heteroatoms. The molecule has 1 aromatic carbocycles. The number of Topliss-reactive ketones (excluding diaryl/α,β-unsaturated/α-hetero) is 2. The van der Waals surface area contributed by atoms with E-state index in [1.165, 1.54) is 13.8 Å². The Labute approximate surface area is 141 Å². The molecule has 0 saturated heterocycles. The molecule has 0 amide bonds. The summed E-state index contributed by atoms with van der Waals surface area (Å²) < 4.78 is 0. The van der Waals surface area contributed by atoms with Crippen LogP contribution in [0.15, 0.2) is 30.8 Å². The summed E-state index contributed by atoms with van der Waals surface area (Å²) in [6.07, 6.45) is 0.885. The van der Waals surface area contributed by atoms with Gasteiger partial charge in [-0.2, -0.15) is 0 Å². The first-order valence-electron chi connectivity index (χ1n) is 7.67. The summed E-state index contributed by atoms with van der Waals surface area (Å²) in [6.45, 7) is 11.0. The van der Waals surface area contributed by atoms with E-state index in [1.54, 1.807) is 0 Å². The standard InChI is InChI=1S/C16H22N2O2.C2H6.CH4/c1-11(19)8-9-16(13(3)20)18-12(2)14-6-5-7-15(10-14)17-4;1-2;/h5-7,10,16-18H,2,8-9H2,1,3-4H3;1-2H3;1H4. The van der Waals surface area contributed by atoms with Crippen LogP contribution >= 0.6 is 0 Å². The van der Waals surface area contributed by atoms with Crippen molar-refractivity contribution in [1.29, 1.82) is 0 Å². The topological polar surface area (TPSA) is 58.2 Å². The number of benzene rings is 1. The van der Waals surface area contributed by atoms with E-state index in [0.29, 0.717) is 18.5 Å². The zero-order valence-electron chi connectivity index (χ0n) is 14.3. The first kappa shape index (κ1) is 23.2. The fourth-order valence-electron chi connectivity index (χ4n) is 1.88. The van der Waals surface area contributed by atoms with E-state index in [-0.39, 0.29) is 25.0 Å². The molecule has 0 aliphatic carbocycles. The van der Waals surface area contributed by atoms with Gasteiger partial charge in [0.15, 0.2) is 5.78 Å². The average Bonchev–Trinajstić information content (AvgIpc) is 2.52. The molecule has 1 aromatic rings. The van der Waals surface area contributed by atoms with Crippen LogP contribution < -0.4 is 10.6 Å². The van der Waals surface area contributed by atoms with Crippen LogP contribution in [0.2, 0.25) is 0 Å². The highest BCUT2D eigenvalue weighted by molar-refractivity contribution is 5.84. The Bertz CT molecular complexity index is 510. The van der Waals surface area contributed by atoms with Crippen LogP contribution in [0.1, 0.15) is 53.5 Å². The normalized spacial score (nSPS) is 10.3. The second-order valence-electron chi connectivity index (χ2n) is 4.86. The Morgan fingerprint density at radius 3 is 2.30 bits per heavy atom. The van der Waals surface area contributed by atoms with Crippen molar-refractivity contribution in [3.63, 3.8) is 0 Å². The first-order valence-corrected chi connectivity index (χ1v) is 7.67. The highest BCUT2D eigenvalue weighted by Gasteiger charge is 2.15. The maximum atomic E-state index is 11.6. The third-order valence-corrected chi connectivity index (χ3v) is 3.12. The van der Waals surface area contributed by atoms with E-state index in [0.717, 1.165) is 11.3 Å². The molecule has 2 N–H and O–H groups in total. The minimum absolute atomic E-state index is 0. The summed E-state index contributed by atoms with van der Waals surface area (Å²) in [5.41, 5.74) is 2.59. The van der Waals surface area contributed by atoms with E-state index in [1.807, 2.05) is 45.2 Å². The van der Waals surface area contributed by atoms with Crippen LogP contribution in [0, 0.1) is 0 Å². The second kappa shape index (κ2) is 12.4. The van der Waals surface area contributed by atoms with Crippen LogP contribution in [0.4, 0.5) is 5.69 Å². The first-order chi connectivity index (χ1) is 10.4. The van der Waals surface area contributed by atoms with Crippen molar-refractivity contribution >= 4 is 23.0 Å². The smallest absolute Gasteiger partial charge is 0.151 e. The van der Waals surface area contributed by atoms with E-state index in [2.05, 4.69) is 17.2 Å². The second-order valence-corrected chi connectivity index (χ2v) is 4.86. The summed E-state index contributed by atoms with van der Waals surface area (Å²) >= 11 is 0. The molecule has 130 valence electrons. The molecule has 23 heavy (non-hydrogen) atoms. The van der Waals surface area contributed by atoms with Gasteiger partial charge in [-0.05, 0) is 38.0 Å². The fourth-order valence-corrected chi connectivity index (χ4v) is 1.88. The van der Waals surface area contributed by atoms with Crippen molar-refractivity contribution in [3.05, 3.63) is 36.4 Å². The number of ketones is 2. The van der Waals surface area contributed by atoms with Gasteiger partial charge in [-0.1, -0.05) is 40.0 Å². The molecule has 0 spiro atoms. The highest BCUT2D eigenvalue weighted by Crippen LogP contribution is 2.16. The van der Waals surface area contributed by atoms with Gasteiger partial charge in [0, 0.05) is 24.9 Å². The van der Waals surface area contributed by atoms with Crippen molar-refractivity contribution in [2.75, 3.05) is 12.4 Å². The molecule has 1 rings (SSSR count). The van der Waals surface area contributed by atoms with E-state index in [4.69, 9.17) is 0 Å². The minimum atomic E-state index is -0.371. The summed E-state index contributed by atoms with van der Waals surface area (Å²) in [5.74, 6) is 0.0954. The summed E-state index contributed by atoms with van der Waals surface area (Å²) in [6, 6.07) is 7.39. The highest BCUT2D eigenvalue weighted by atomic mass is 16.1. The lowest BCUT2D eigenvalue weighted by molar-refractivity contribution is -0.119. The molecule has 0 aliphatic rings. The quantitative estimate of drug-likeness (QED) is 0.750. The molecule has 1 unspecified atom stereocenters. The average molecular weight is 320 g/mol.